The van der Waals surface area contributed by atoms with Gasteiger partial charge in [0.25, 0.3) is 5.91 Å². The maximum atomic E-state index is 12.7. The number of thiocarbonyl (C=S) groups is 1. The van der Waals surface area contributed by atoms with E-state index in [2.05, 4.69) is 0 Å². The van der Waals surface area contributed by atoms with Crippen molar-refractivity contribution in [2.24, 2.45) is 0 Å². The second-order valence-corrected chi connectivity index (χ2v) is 7.26. The second kappa shape index (κ2) is 6.84. The highest BCUT2D eigenvalue weighted by molar-refractivity contribution is 8.26. The van der Waals surface area contributed by atoms with Crippen LogP contribution in [0.2, 0.25) is 0 Å². The molecule has 1 amide bonds. The predicted octanol–water partition coefficient (Wildman–Crippen LogP) is 4.23. The quantitative estimate of drug-likeness (QED) is 0.611. The molecule has 3 rings (SSSR count). The minimum Gasteiger partial charge on any atom is -0.496 e. The first-order chi connectivity index (χ1) is 10.7. The smallest absolute Gasteiger partial charge is 0.266 e. The molecule has 1 aromatic rings. The molecular formula is C17H19NO2S2. The summed E-state index contributed by atoms with van der Waals surface area (Å²) < 4.78 is 6.04. The Balaban J connectivity index is 1.85. The van der Waals surface area contributed by atoms with Gasteiger partial charge in [0.2, 0.25) is 0 Å². The van der Waals surface area contributed by atoms with E-state index in [9.17, 15) is 4.79 Å². The van der Waals surface area contributed by atoms with E-state index in [0.29, 0.717) is 9.23 Å². The van der Waals surface area contributed by atoms with Crippen LogP contribution in [0.25, 0.3) is 6.08 Å². The van der Waals surface area contributed by atoms with Crippen LogP contribution in [0.1, 0.15) is 37.7 Å². The van der Waals surface area contributed by atoms with Gasteiger partial charge in [-0.3, -0.25) is 9.69 Å². The lowest BCUT2D eigenvalue weighted by Crippen LogP contribution is -2.39. The summed E-state index contributed by atoms with van der Waals surface area (Å²) in [6.07, 6.45) is 7.66. The average Bonchev–Trinajstić information content (AvgIpc) is 2.83. The zero-order chi connectivity index (χ0) is 15.5. The van der Waals surface area contributed by atoms with Gasteiger partial charge in [-0.15, -0.1) is 0 Å². The Hall–Kier alpha value is -1.33. The molecule has 0 radical (unpaired) electrons. The van der Waals surface area contributed by atoms with Crippen molar-refractivity contribution in [2.75, 3.05) is 7.11 Å². The van der Waals surface area contributed by atoms with Crippen LogP contribution < -0.4 is 4.74 Å². The zero-order valence-electron chi connectivity index (χ0n) is 12.6. The molecule has 1 aromatic carbocycles. The van der Waals surface area contributed by atoms with Gasteiger partial charge in [-0.25, -0.2) is 0 Å². The Morgan fingerprint density at radius 3 is 2.73 bits per heavy atom. The van der Waals surface area contributed by atoms with Crippen LogP contribution in [-0.4, -0.2) is 28.3 Å². The van der Waals surface area contributed by atoms with Gasteiger partial charge >= 0.3 is 0 Å². The standard InChI is InChI=1S/C17H19NO2S2/c1-20-14-10-6-5-7-12(14)11-15-16(19)18(17(21)22-15)13-8-3-2-4-9-13/h5-7,10-11,13H,2-4,8-9H2,1H3/b15-11-. The summed E-state index contributed by atoms with van der Waals surface area (Å²) in [5.74, 6) is 0.818. The van der Waals surface area contributed by atoms with Crippen molar-refractivity contribution in [1.29, 1.82) is 0 Å². The van der Waals surface area contributed by atoms with Crippen molar-refractivity contribution in [1.82, 2.24) is 4.90 Å². The van der Waals surface area contributed by atoms with Crippen LogP contribution in [0.15, 0.2) is 29.2 Å². The number of para-hydroxylation sites is 1. The first-order valence-electron chi connectivity index (χ1n) is 7.61. The van der Waals surface area contributed by atoms with Crippen LogP contribution in [0.3, 0.4) is 0 Å². The van der Waals surface area contributed by atoms with E-state index in [-0.39, 0.29) is 11.9 Å². The molecule has 1 saturated carbocycles. The summed E-state index contributed by atoms with van der Waals surface area (Å²) in [6, 6.07) is 7.99. The molecule has 0 N–H and O–H groups in total. The Bertz CT molecular complexity index is 621. The zero-order valence-corrected chi connectivity index (χ0v) is 14.2. The van der Waals surface area contributed by atoms with Gasteiger partial charge in [-0.2, -0.15) is 0 Å². The van der Waals surface area contributed by atoms with Crippen LogP contribution in [0.5, 0.6) is 5.75 Å². The number of nitrogens with zero attached hydrogens (tertiary/aromatic N) is 1. The number of hydrogen-bond donors (Lipinski definition) is 0. The molecule has 1 saturated heterocycles. The lowest BCUT2D eigenvalue weighted by molar-refractivity contribution is -0.124. The molecule has 3 nitrogen and oxygen atoms in total. The van der Waals surface area contributed by atoms with E-state index in [1.807, 2.05) is 35.2 Å². The van der Waals surface area contributed by atoms with Crippen LogP contribution in [0, 0.1) is 0 Å². The van der Waals surface area contributed by atoms with Crippen molar-refractivity contribution >= 4 is 40.3 Å². The van der Waals surface area contributed by atoms with Crippen molar-refractivity contribution < 1.29 is 9.53 Å². The second-order valence-electron chi connectivity index (χ2n) is 5.59. The van der Waals surface area contributed by atoms with E-state index in [1.54, 1.807) is 7.11 Å². The first-order valence-corrected chi connectivity index (χ1v) is 8.83. The SMILES string of the molecule is COc1ccccc1/C=C1\SC(=S)N(C2CCCCC2)C1=O. The number of carbonyl (C=O) groups is 1. The molecule has 0 atom stereocenters. The molecule has 22 heavy (non-hydrogen) atoms. The molecule has 0 bridgehead atoms. The molecule has 5 heteroatoms. The highest BCUT2D eigenvalue weighted by atomic mass is 32.2. The summed E-state index contributed by atoms with van der Waals surface area (Å²) in [4.78, 5) is 15.3. The average molecular weight is 333 g/mol. The molecule has 0 spiro atoms. The highest BCUT2D eigenvalue weighted by Gasteiger charge is 2.37. The van der Waals surface area contributed by atoms with Gasteiger partial charge in [-0.1, -0.05) is 61.4 Å². The predicted molar refractivity (Wildman–Crippen MR) is 94.9 cm³/mol. The fraction of sp³-hybridized carbons (Fsp3) is 0.412. The number of rotatable bonds is 3. The Labute approximate surface area is 140 Å². The number of thioether (sulfide) groups is 1. The maximum absolute atomic E-state index is 12.7. The topological polar surface area (TPSA) is 29.5 Å². The van der Waals surface area contributed by atoms with Gasteiger partial charge < -0.3 is 4.74 Å². The maximum Gasteiger partial charge on any atom is 0.266 e. The number of benzene rings is 1. The van der Waals surface area contributed by atoms with E-state index >= 15 is 0 Å². The lowest BCUT2D eigenvalue weighted by Gasteiger charge is -2.29. The fourth-order valence-electron chi connectivity index (χ4n) is 3.06. The molecular weight excluding hydrogens is 314 g/mol. The molecule has 2 aliphatic rings. The van der Waals surface area contributed by atoms with Gasteiger partial charge in [0, 0.05) is 11.6 Å². The van der Waals surface area contributed by atoms with Crippen LogP contribution in [0.4, 0.5) is 0 Å². The molecule has 1 aliphatic carbocycles. The summed E-state index contributed by atoms with van der Waals surface area (Å²) in [5, 5.41) is 0. The minimum absolute atomic E-state index is 0.0489. The van der Waals surface area contributed by atoms with Gasteiger partial charge in [0.05, 0.1) is 12.0 Å². The van der Waals surface area contributed by atoms with E-state index in [0.717, 1.165) is 24.2 Å². The molecule has 2 fully saturated rings. The number of methoxy groups -OCH3 is 1. The van der Waals surface area contributed by atoms with Crippen molar-refractivity contribution in [3.63, 3.8) is 0 Å². The first kappa shape index (κ1) is 15.6. The summed E-state index contributed by atoms with van der Waals surface area (Å²) in [6.45, 7) is 0. The Morgan fingerprint density at radius 2 is 2.00 bits per heavy atom. The third kappa shape index (κ3) is 3.06. The summed E-state index contributed by atoms with van der Waals surface area (Å²) in [5.41, 5.74) is 0.911. The number of carbonyl (C=O) groups excluding carboxylic acids is 1. The molecule has 0 aromatic heterocycles. The Kier molecular flexibility index (Phi) is 4.84. The fourth-order valence-corrected chi connectivity index (χ4v) is 4.45. The monoisotopic (exact) mass is 333 g/mol. The van der Waals surface area contributed by atoms with Gasteiger partial charge in [-0.05, 0) is 25.0 Å². The van der Waals surface area contributed by atoms with Crippen LogP contribution in [-0.2, 0) is 4.79 Å². The number of ether oxygens (including phenoxy) is 1. The third-order valence-electron chi connectivity index (χ3n) is 4.19. The normalized spacial score (nSPS) is 21.7. The lowest BCUT2D eigenvalue weighted by atomic mass is 9.94. The van der Waals surface area contributed by atoms with Gasteiger partial charge in [0.1, 0.15) is 10.1 Å². The summed E-state index contributed by atoms with van der Waals surface area (Å²) in [7, 11) is 1.64. The largest absolute Gasteiger partial charge is 0.496 e. The minimum atomic E-state index is 0.0489. The van der Waals surface area contributed by atoms with E-state index < -0.39 is 0 Å². The third-order valence-corrected chi connectivity index (χ3v) is 5.52. The summed E-state index contributed by atoms with van der Waals surface area (Å²) >= 11 is 6.85. The number of hydrogen-bond acceptors (Lipinski definition) is 4. The van der Waals surface area contributed by atoms with E-state index in [4.69, 9.17) is 17.0 Å². The highest BCUT2D eigenvalue weighted by Crippen LogP contribution is 2.38. The molecule has 116 valence electrons. The number of amides is 1. The van der Waals surface area contributed by atoms with Crippen molar-refractivity contribution in [2.45, 2.75) is 38.1 Å². The van der Waals surface area contributed by atoms with Gasteiger partial charge in [0.15, 0.2) is 0 Å². The molecule has 1 aliphatic heterocycles. The van der Waals surface area contributed by atoms with E-state index in [1.165, 1.54) is 31.0 Å². The van der Waals surface area contributed by atoms with Crippen molar-refractivity contribution in [3.05, 3.63) is 34.7 Å². The van der Waals surface area contributed by atoms with Crippen LogP contribution >= 0.6 is 24.0 Å². The Morgan fingerprint density at radius 1 is 1.27 bits per heavy atom. The molecule has 1 heterocycles. The molecule has 0 unspecified atom stereocenters. The van der Waals surface area contributed by atoms with Crippen molar-refractivity contribution in [3.8, 4) is 5.75 Å².